The SMILES string of the molecule is CCc1nccn1CC(c1cccc(F)c1)(C1CCN(CC2CN(c3ccc(S(=O)(=O)C4CCC4)cc3)C2)CC1)C1CCCC1NC(=O)OC. The van der Waals surface area contributed by atoms with Crippen LogP contribution in [0.3, 0.4) is 0 Å². The van der Waals surface area contributed by atoms with Crippen molar-refractivity contribution in [3.63, 3.8) is 0 Å². The lowest BCUT2D eigenvalue weighted by Gasteiger charge is -2.51. The summed E-state index contributed by atoms with van der Waals surface area (Å²) in [5, 5.41) is 2.97. The van der Waals surface area contributed by atoms with E-state index < -0.39 is 21.3 Å². The number of piperidine rings is 1. The van der Waals surface area contributed by atoms with E-state index in [0.717, 1.165) is 108 Å². The Labute approximate surface area is 296 Å². The lowest BCUT2D eigenvalue weighted by atomic mass is 9.58. The minimum absolute atomic E-state index is 0.0642. The highest BCUT2D eigenvalue weighted by Crippen LogP contribution is 2.52. The number of carbonyl (C=O) groups excluding carboxylic acids is 1. The van der Waals surface area contributed by atoms with Crippen LogP contribution in [-0.2, 0) is 33.0 Å². The number of aromatic nitrogens is 2. The number of halogens is 1. The molecule has 1 amide bonds. The minimum Gasteiger partial charge on any atom is -0.453 e. The second-order valence-corrected chi connectivity index (χ2v) is 17.3. The molecule has 1 N–H and O–H groups in total. The number of alkyl carbamates (subject to hydrolysis) is 1. The number of sulfone groups is 1. The number of nitrogens with one attached hydrogen (secondary N) is 1. The molecule has 3 unspecified atom stereocenters. The van der Waals surface area contributed by atoms with E-state index >= 15 is 4.39 Å². The van der Waals surface area contributed by atoms with Crippen LogP contribution in [0.25, 0.3) is 0 Å². The van der Waals surface area contributed by atoms with Gasteiger partial charge in [0, 0.05) is 68.1 Å². The van der Waals surface area contributed by atoms with Crippen LogP contribution in [0, 0.1) is 23.6 Å². The number of benzene rings is 2. The van der Waals surface area contributed by atoms with Gasteiger partial charge in [0.15, 0.2) is 9.84 Å². The van der Waals surface area contributed by atoms with Crippen LogP contribution in [-0.4, -0.2) is 80.1 Å². The second-order valence-electron chi connectivity index (χ2n) is 15.1. The number of anilines is 1. The third-order valence-corrected chi connectivity index (χ3v) is 14.7. The number of hydrogen-bond acceptors (Lipinski definition) is 7. The topological polar surface area (TPSA) is 96.8 Å². The van der Waals surface area contributed by atoms with E-state index in [1.807, 2.05) is 24.4 Å². The summed E-state index contributed by atoms with van der Waals surface area (Å²) < 4.78 is 48.1. The molecule has 2 saturated heterocycles. The zero-order valence-corrected chi connectivity index (χ0v) is 30.3. The molecule has 2 aliphatic carbocycles. The first-order chi connectivity index (χ1) is 24.2. The normalized spacial score (nSPS) is 23.6. The standard InChI is InChI=1S/C39H52FN5O4S/c1-3-37-41-19-22-44(37)27-39(30-7-4-8-31(40)23-30,35-11-6-12-36(35)42-38(46)49-2)29-17-20-43(21-18-29)24-28-25-45(26-28)32-13-15-34(16-14-32)50(47,48)33-9-5-10-33/h4,7-8,13-16,19,22-23,28-29,33,35-36H,3,5-6,9-12,17-18,20-21,24-27H2,1-2H3,(H,42,46). The Hall–Kier alpha value is -3.44. The Morgan fingerprint density at radius 1 is 1.02 bits per heavy atom. The summed E-state index contributed by atoms with van der Waals surface area (Å²) in [5.41, 5.74) is 1.69. The zero-order chi connectivity index (χ0) is 34.9. The zero-order valence-electron chi connectivity index (χ0n) is 29.5. The molecule has 3 aromatic rings. The maximum atomic E-state index is 15.1. The average molecular weight is 706 g/mol. The van der Waals surface area contributed by atoms with Crippen molar-refractivity contribution in [2.24, 2.45) is 17.8 Å². The molecule has 2 aliphatic heterocycles. The summed E-state index contributed by atoms with van der Waals surface area (Å²) in [7, 11) is -1.79. The molecule has 1 aromatic heterocycles. The highest BCUT2D eigenvalue weighted by atomic mass is 32.2. The van der Waals surface area contributed by atoms with Crippen LogP contribution in [0.5, 0.6) is 0 Å². The average Bonchev–Trinajstić information content (AvgIpc) is 3.73. The number of ether oxygens (including phenoxy) is 1. The van der Waals surface area contributed by atoms with Gasteiger partial charge in [-0.3, -0.25) is 0 Å². The fourth-order valence-electron chi connectivity index (χ4n) is 9.52. The first-order valence-corrected chi connectivity index (χ1v) is 20.2. The van der Waals surface area contributed by atoms with Crippen molar-refractivity contribution in [3.8, 4) is 0 Å². The predicted octanol–water partition coefficient (Wildman–Crippen LogP) is 6.22. The largest absolute Gasteiger partial charge is 0.453 e. The molecule has 9 nitrogen and oxygen atoms in total. The van der Waals surface area contributed by atoms with Crippen molar-refractivity contribution < 1.29 is 22.3 Å². The molecular formula is C39H52FN5O4S. The molecule has 4 aliphatic rings. The Kier molecular flexibility index (Phi) is 10.3. The van der Waals surface area contributed by atoms with Crippen LogP contribution >= 0.6 is 0 Å². The van der Waals surface area contributed by atoms with Gasteiger partial charge in [-0.25, -0.2) is 22.6 Å². The number of hydrogen-bond donors (Lipinski definition) is 1. The van der Waals surface area contributed by atoms with Crippen LogP contribution in [0.4, 0.5) is 14.9 Å². The predicted molar refractivity (Wildman–Crippen MR) is 192 cm³/mol. The number of amides is 1. The van der Waals surface area contributed by atoms with Crippen LogP contribution < -0.4 is 10.2 Å². The van der Waals surface area contributed by atoms with E-state index in [1.54, 1.807) is 18.2 Å². The van der Waals surface area contributed by atoms with Crippen molar-refractivity contribution in [2.75, 3.05) is 44.7 Å². The van der Waals surface area contributed by atoms with Crippen molar-refractivity contribution in [1.29, 1.82) is 0 Å². The molecule has 50 heavy (non-hydrogen) atoms. The quantitative estimate of drug-likeness (QED) is 0.239. The monoisotopic (exact) mass is 705 g/mol. The Morgan fingerprint density at radius 3 is 2.42 bits per heavy atom. The molecule has 11 heteroatoms. The van der Waals surface area contributed by atoms with Crippen LogP contribution in [0.1, 0.15) is 69.7 Å². The van der Waals surface area contributed by atoms with Gasteiger partial charge in [0.05, 0.1) is 17.3 Å². The Morgan fingerprint density at radius 2 is 1.76 bits per heavy atom. The molecule has 7 rings (SSSR count). The lowest BCUT2D eigenvalue weighted by molar-refractivity contribution is 0.0541. The molecule has 4 fully saturated rings. The van der Waals surface area contributed by atoms with E-state index in [-0.39, 0.29) is 28.9 Å². The summed E-state index contributed by atoms with van der Waals surface area (Å²) in [6.07, 6.45) is 11.7. The van der Waals surface area contributed by atoms with E-state index in [0.29, 0.717) is 17.4 Å². The molecule has 3 heterocycles. The van der Waals surface area contributed by atoms with Crippen molar-refractivity contribution in [3.05, 3.63) is 78.1 Å². The minimum atomic E-state index is -3.20. The number of aryl methyl sites for hydroxylation is 1. The van der Waals surface area contributed by atoms with Gasteiger partial charge >= 0.3 is 6.09 Å². The lowest BCUT2D eigenvalue weighted by Crippen LogP contribution is -2.56. The number of carbonyl (C=O) groups is 1. The number of likely N-dealkylation sites (tertiary alicyclic amines) is 1. The summed E-state index contributed by atoms with van der Waals surface area (Å²) in [5.74, 6) is 1.74. The fraction of sp³-hybridized carbons (Fsp3) is 0.590. The molecule has 3 atom stereocenters. The fourth-order valence-corrected chi connectivity index (χ4v) is 11.4. The van der Waals surface area contributed by atoms with Crippen LogP contribution in [0.2, 0.25) is 0 Å². The van der Waals surface area contributed by atoms with E-state index in [4.69, 9.17) is 4.74 Å². The maximum Gasteiger partial charge on any atom is 0.407 e. The summed E-state index contributed by atoms with van der Waals surface area (Å²) >= 11 is 0. The van der Waals surface area contributed by atoms with Gasteiger partial charge in [-0.1, -0.05) is 31.9 Å². The molecule has 0 spiro atoms. The van der Waals surface area contributed by atoms with Gasteiger partial charge in [0.2, 0.25) is 0 Å². The molecule has 0 radical (unpaired) electrons. The van der Waals surface area contributed by atoms with Crippen molar-refractivity contribution in [2.45, 2.75) is 92.9 Å². The van der Waals surface area contributed by atoms with Gasteiger partial charge in [0.1, 0.15) is 11.6 Å². The summed E-state index contributed by atoms with van der Waals surface area (Å²) in [4.78, 5) is 22.6. The highest BCUT2D eigenvalue weighted by Gasteiger charge is 2.52. The number of rotatable bonds is 12. The van der Waals surface area contributed by atoms with E-state index in [1.165, 1.54) is 13.2 Å². The summed E-state index contributed by atoms with van der Waals surface area (Å²) in [6, 6.07) is 14.6. The third kappa shape index (κ3) is 6.79. The molecule has 0 bridgehead atoms. The number of imidazole rings is 1. The van der Waals surface area contributed by atoms with E-state index in [9.17, 15) is 13.2 Å². The summed E-state index contributed by atoms with van der Waals surface area (Å²) in [6.45, 7) is 7.71. The van der Waals surface area contributed by atoms with Gasteiger partial charge in [-0.15, -0.1) is 0 Å². The number of methoxy groups -OCH3 is 1. The first-order valence-electron chi connectivity index (χ1n) is 18.6. The first kappa shape index (κ1) is 35.0. The van der Waals surface area contributed by atoms with Gasteiger partial charge in [0.25, 0.3) is 0 Å². The Bertz CT molecular complexity index is 1730. The van der Waals surface area contributed by atoms with Crippen LogP contribution in [0.15, 0.2) is 65.8 Å². The number of nitrogens with zero attached hydrogens (tertiary/aromatic N) is 4. The maximum absolute atomic E-state index is 15.1. The van der Waals surface area contributed by atoms with Crippen molar-refractivity contribution in [1.82, 2.24) is 19.8 Å². The van der Waals surface area contributed by atoms with E-state index in [2.05, 4.69) is 43.9 Å². The van der Waals surface area contributed by atoms with Gasteiger partial charge in [-0.05, 0) is 105 Å². The second kappa shape index (κ2) is 14.7. The molecule has 270 valence electrons. The third-order valence-electron chi connectivity index (χ3n) is 12.4. The molecule has 2 saturated carbocycles. The molecule has 2 aromatic carbocycles. The van der Waals surface area contributed by atoms with Crippen molar-refractivity contribution >= 4 is 21.6 Å². The van der Waals surface area contributed by atoms with Gasteiger partial charge in [-0.2, -0.15) is 0 Å². The Balaban J connectivity index is 1.06. The van der Waals surface area contributed by atoms with Gasteiger partial charge < -0.3 is 24.4 Å². The highest BCUT2D eigenvalue weighted by molar-refractivity contribution is 7.92. The smallest absolute Gasteiger partial charge is 0.407 e. The molecular weight excluding hydrogens is 654 g/mol.